The minimum absolute atomic E-state index is 0.0960. The highest BCUT2D eigenvalue weighted by Crippen LogP contribution is 2.41. The molecule has 0 radical (unpaired) electrons. The van der Waals surface area contributed by atoms with Crippen molar-refractivity contribution in [1.82, 2.24) is 0 Å². The predicted molar refractivity (Wildman–Crippen MR) is 155 cm³/mol. The predicted octanol–water partition coefficient (Wildman–Crippen LogP) is 7.57. The number of aliphatic hydroxyl groups is 1. The number of unbranched alkanes of at least 4 members (excludes halogenated alkanes) is 1. The second kappa shape index (κ2) is 13.9. The molecule has 1 N–H and O–H groups in total. The van der Waals surface area contributed by atoms with Gasteiger partial charge in [-0.15, -0.1) is 0 Å². The Morgan fingerprint density at radius 1 is 0.947 bits per heavy atom. The highest BCUT2D eigenvalue weighted by Gasteiger charge is 2.31. The summed E-state index contributed by atoms with van der Waals surface area (Å²) in [6, 6.07) is 13.2. The number of carbonyl (C=O) groups is 1. The van der Waals surface area contributed by atoms with Gasteiger partial charge in [0.15, 0.2) is 0 Å². The number of ether oxygens (including phenoxy) is 2. The fraction of sp³-hybridized carbons (Fsp3) is 0.559. The van der Waals surface area contributed by atoms with Crippen LogP contribution in [0.1, 0.15) is 113 Å². The molecule has 2 aromatic rings. The van der Waals surface area contributed by atoms with E-state index in [4.69, 9.17) is 9.47 Å². The Morgan fingerprint density at radius 2 is 1.61 bits per heavy atom. The zero-order chi connectivity index (χ0) is 27.6. The van der Waals surface area contributed by atoms with Crippen LogP contribution in [0.2, 0.25) is 0 Å². The van der Waals surface area contributed by atoms with E-state index in [1.165, 1.54) is 17.5 Å². The van der Waals surface area contributed by atoms with Crippen molar-refractivity contribution in [3.8, 4) is 17.6 Å². The maximum atomic E-state index is 11.5. The summed E-state index contributed by atoms with van der Waals surface area (Å²) in [7, 11) is 0. The van der Waals surface area contributed by atoms with Crippen LogP contribution < -0.4 is 4.74 Å². The van der Waals surface area contributed by atoms with Crippen molar-refractivity contribution < 1.29 is 19.4 Å². The van der Waals surface area contributed by atoms with Gasteiger partial charge in [0.1, 0.15) is 11.4 Å². The van der Waals surface area contributed by atoms with Crippen LogP contribution in [0, 0.1) is 25.7 Å². The first-order chi connectivity index (χ1) is 18.3. The van der Waals surface area contributed by atoms with Crippen LogP contribution in [0.4, 0.5) is 0 Å². The zero-order valence-corrected chi connectivity index (χ0v) is 24.1. The molecule has 2 aromatic carbocycles. The van der Waals surface area contributed by atoms with Gasteiger partial charge in [-0.1, -0.05) is 56.4 Å². The van der Waals surface area contributed by atoms with Crippen molar-refractivity contribution in [2.45, 2.75) is 110 Å². The molecule has 0 unspecified atom stereocenters. The second-order valence-corrected chi connectivity index (χ2v) is 10.8. The molecular weight excluding hydrogens is 472 g/mol. The van der Waals surface area contributed by atoms with E-state index in [1.54, 1.807) is 0 Å². The molecule has 0 saturated heterocycles. The first kappa shape index (κ1) is 29.8. The van der Waals surface area contributed by atoms with Gasteiger partial charge < -0.3 is 14.6 Å². The Hall–Kier alpha value is -2.77. The largest absolute Gasteiger partial charge is 0.493 e. The monoisotopic (exact) mass is 518 g/mol. The lowest BCUT2D eigenvalue weighted by molar-refractivity contribution is -0.143. The van der Waals surface area contributed by atoms with E-state index < -0.39 is 5.60 Å². The van der Waals surface area contributed by atoms with Crippen molar-refractivity contribution in [2.75, 3.05) is 13.2 Å². The molecule has 4 heteroatoms. The summed E-state index contributed by atoms with van der Waals surface area (Å²) in [5, 5.41) is 10.8. The van der Waals surface area contributed by atoms with Gasteiger partial charge in [0.25, 0.3) is 0 Å². The van der Waals surface area contributed by atoms with Crippen LogP contribution in [-0.4, -0.2) is 29.9 Å². The average Bonchev–Trinajstić information content (AvgIpc) is 2.90. The van der Waals surface area contributed by atoms with Gasteiger partial charge in [-0.3, -0.25) is 4.79 Å². The maximum Gasteiger partial charge on any atom is 0.305 e. The number of aryl methyl sites for hydroxylation is 2. The van der Waals surface area contributed by atoms with Crippen molar-refractivity contribution >= 4 is 5.97 Å². The molecule has 0 heterocycles. The summed E-state index contributed by atoms with van der Waals surface area (Å²) in [6.07, 6.45) is 8.85. The molecule has 1 aliphatic rings. The van der Waals surface area contributed by atoms with E-state index >= 15 is 0 Å². The SMILES string of the molecule is CCOC(=O)CCCCOc1ccc(C(CC)(CC)c2ccc(C#CC3(O)CCCCC3)c(C)c2)cc1C. The summed E-state index contributed by atoms with van der Waals surface area (Å²) in [5.41, 5.74) is 4.94. The number of hydrogen-bond acceptors (Lipinski definition) is 4. The van der Waals surface area contributed by atoms with Gasteiger partial charge in [-0.05, 0) is 107 Å². The zero-order valence-electron chi connectivity index (χ0n) is 24.1. The molecule has 0 aliphatic heterocycles. The molecule has 0 amide bonds. The highest BCUT2D eigenvalue weighted by atomic mass is 16.5. The minimum Gasteiger partial charge on any atom is -0.493 e. The van der Waals surface area contributed by atoms with Crippen LogP contribution >= 0.6 is 0 Å². The third-order valence-electron chi connectivity index (χ3n) is 8.16. The number of carbonyl (C=O) groups excluding carboxylic acids is 1. The molecule has 38 heavy (non-hydrogen) atoms. The lowest BCUT2D eigenvalue weighted by Crippen LogP contribution is -2.29. The normalized spacial score (nSPS) is 14.9. The molecule has 0 bridgehead atoms. The van der Waals surface area contributed by atoms with Gasteiger partial charge >= 0.3 is 5.97 Å². The van der Waals surface area contributed by atoms with Crippen molar-refractivity contribution in [2.24, 2.45) is 0 Å². The minimum atomic E-state index is -0.831. The Labute approximate surface area is 230 Å². The standard InChI is InChI=1S/C34H46O4/c1-6-34(7-2,29-16-15-28(26(4)24-29)19-22-33(36)20-11-9-12-21-33)30-17-18-31(27(5)25-30)38-23-13-10-14-32(35)37-8-3/h15-18,24-25,36H,6-14,20-21,23H2,1-5H3. The van der Waals surface area contributed by atoms with Gasteiger partial charge in [-0.25, -0.2) is 0 Å². The fourth-order valence-electron chi connectivity index (χ4n) is 5.68. The molecule has 1 saturated carbocycles. The number of rotatable bonds is 11. The van der Waals surface area contributed by atoms with E-state index in [-0.39, 0.29) is 11.4 Å². The summed E-state index contributed by atoms with van der Waals surface area (Å²) in [5.74, 6) is 7.24. The summed E-state index contributed by atoms with van der Waals surface area (Å²) < 4.78 is 11.0. The van der Waals surface area contributed by atoms with Crippen molar-refractivity contribution in [1.29, 1.82) is 0 Å². The van der Waals surface area contributed by atoms with Gasteiger partial charge in [0.2, 0.25) is 0 Å². The number of benzene rings is 2. The topological polar surface area (TPSA) is 55.8 Å². The molecule has 0 atom stereocenters. The summed E-state index contributed by atoms with van der Waals surface area (Å²) >= 11 is 0. The van der Waals surface area contributed by atoms with Gasteiger partial charge in [-0.2, -0.15) is 0 Å². The summed E-state index contributed by atoms with van der Waals surface area (Å²) in [6.45, 7) is 11.6. The quantitative estimate of drug-likeness (QED) is 0.189. The molecule has 1 aliphatic carbocycles. The maximum absolute atomic E-state index is 11.5. The van der Waals surface area contributed by atoms with Gasteiger partial charge in [0, 0.05) is 17.4 Å². The van der Waals surface area contributed by atoms with Crippen molar-refractivity contribution in [3.05, 3.63) is 64.2 Å². The van der Waals surface area contributed by atoms with Crippen LogP contribution in [0.3, 0.4) is 0 Å². The molecule has 206 valence electrons. The molecular formula is C34H46O4. The second-order valence-electron chi connectivity index (χ2n) is 10.8. The molecule has 4 nitrogen and oxygen atoms in total. The third kappa shape index (κ3) is 7.41. The summed E-state index contributed by atoms with van der Waals surface area (Å²) in [4.78, 5) is 11.5. The highest BCUT2D eigenvalue weighted by molar-refractivity contribution is 5.69. The van der Waals surface area contributed by atoms with E-state index in [0.29, 0.717) is 19.6 Å². The van der Waals surface area contributed by atoms with Crippen LogP contribution in [-0.2, 0) is 14.9 Å². The van der Waals surface area contributed by atoms with Crippen molar-refractivity contribution in [3.63, 3.8) is 0 Å². The lowest BCUT2D eigenvalue weighted by atomic mass is 9.70. The average molecular weight is 519 g/mol. The van der Waals surface area contributed by atoms with E-state index in [1.807, 2.05) is 6.92 Å². The Bertz CT molecular complexity index is 1130. The first-order valence-corrected chi connectivity index (χ1v) is 14.5. The van der Waals surface area contributed by atoms with E-state index in [9.17, 15) is 9.90 Å². The van der Waals surface area contributed by atoms with Crippen LogP contribution in [0.25, 0.3) is 0 Å². The molecule has 1 fully saturated rings. The molecule has 3 rings (SSSR count). The Balaban J connectivity index is 1.74. The molecule has 0 spiro atoms. The lowest BCUT2D eigenvalue weighted by Gasteiger charge is -2.34. The number of hydrogen-bond donors (Lipinski definition) is 1. The van der Waals surface area contributed by atoms with E-state index in [2.05, 4.69) is 75.9 Å². The fourth-order valence-corrected chi connectivity index (χ4v) is 5.68. The molecule has 0 aromatic heterocycles. The third-order valence-corrected chi connectivity index (χ3v) is 8.16. The van der Waals surface area contributed by atoms with Crippen LogP contribution in [0.15, 0.2) is 36.4 Å². The van der Waals surface area contributed by atoms with E-state index in [0.717, 1.165) is 73.8 Å². The smallest absolute Gasteiger partial charge is 0.305 e. The van der Waals surface area contributed by atoms with Gasteiger partial charge in [0.05, 0.1) is 13.2 Å². The first-order valence-electron chi connectivity index (χ1n) is 14.5. The number of esters is 1. The Kier molecular flexibility index (Phi) is 10.9. The van der Waals surface area contributed by atoms with Crippen LogP contribution in [0.5, 0.6) is 5.75 Å². The Morgan fingerprint density at radius 3 is 2.21 bits per heavy atom.